The van der Waals surface area contributed by atoms with Crippen LogP contribution in [0.2, 0.25) is 0 Å². The molecule has 0 radical (unpaired) electrons. The van der Waals surface area contributed by atoms with Crippen LogP contribution in [0.5, 0.6) is 0 Å². The van der Waals surface area contributed by atoms with E-state index < -0.39 is 0 Å². The first-order chi connectivity index (χ1) is 6.79. The predicted molar refractivity (Wildman–Crippen MR) is 63.6 cm³/mol. The largest absolute Gasteiger partial charge is 0.306 e. The Bertz CT molecular complexity index is 280. The smallest absolute Gasteiger partial charge is 0.0490 e. The Morgan fingerprint density at radius 2 is 1.93 bits per heavy atom. The minimum absolute atomic E-state index is 0.156. The Labute approximate surface area is 92.7 Å². The van der Waals surface area contributed by atoms with Crippen molar-refractivity contribution in [1.29, 1.82) is 0 Å². The minimum atomic E-state index is 0.156. The summed E-state index contributed by atoms with van der Waals surface area (Å²) in [4.78, 5) is 0. The molecular weight excluding hydrogens is 186 g/mol. The number of nitrogens with one attached hydrogen (secondary N) is 2. The van der Waals surface area contributed by atoms with Gasteiger partial charge in [0, 0.05) is 24.0 Å². The summed E-state index contributed by atoms with van der Waals surface area (Å²) in [7, 11) is 0. The highest BCUT2D eigenvalue weighted by Crippen LogP contribution is 2.26. The molecule has 0 amide bonds. The van der Waals surface area contributed by atoms with Crippen molar-refractivity contribution >= 4 is 0 Å². The molecule has 86 valence electrons. The van der Waals surface area contributed by atoms with Crippen LogP contribution in [0.15, 0.2) is 12.3 Å². The van der Waals surface area contributed by atoms with E-state index >= 15 is 0 Å². The lowest BCUT2D eigenvalue weighted by Gasteiger charge is -2.33. The van der Waals surface area contributed by atoms with Gasteiger partial charge in [0.15, 0.2) is 0 Å². The van der Waals surface area contributed by atoms with Gasteiger partial charge in [-0.15, -0.1) is 0 Å². The van der Waals surface area contributed by atoms with Crippen LogP contribution in [-0.2, 0) is 6.54 Å². The van der Waals surface area contributed by atoms with Crippen LogP contribution in [0, 0.1) is 5.41 Å². The van der Waals surface area contributed by atoms with Crippen molar-refractivity contribution in [2.24, 2.45) is 5.41 Å². The summed E-state index contributed by atoms with van der Waals surface area (Å²) in [5.41, 5.74) is 1.64. The first-order valence-electron chi connectivity index (χ1n) is 5.52. The van der Waals surface area contributed by atoms with Gasteiger partial charge in [-0.3, -0.25) is 5.10 Å². The van der Waals surface area contributed by atoms with Gasteiger partial charge in [0.1, 0.15) is 0 Å². The van der Waals surface area contributed by atoms with Crippen LogP contribution in [0.1, 0.15) is 46.7 Å². The number of hydrogen-bond donors (Lipinski definition) is 2. The van der Waals surface area contributed by atoms with Gasteiger partial charge in [-0.25, -0.2) is 0 Å². The molecule has 0 saturated heterocycles. The fraction of sp³-hybridized carbons (Fsp3) is 0.750. The Kier molecular flexibility index (Phi) is 3.55. The van der Waals surface area contributed by atoms with E-state index in [1.807, 2.05) is 6.07 Å². The molecule has 0 aromatic carbocycles. The monoisotopic (exact) mass is 209 g/mol. The third kappa shape index (κ3) is 4.98. The molecule has 1 aromatic rings. The maximum atomic E-state index is 3.93. The third-order valence-electron chi connectivity index (χ3n) is 2.29. The number of H-pyrrole nitrogens is 1. The second-order valence-electron chi connectivity index (χ2n) is 6.06. The quantitative estimate of drug-likeness (QED) is 0.800. The van der Waals surface area contributed by atoms with Gasteiger partial charge in [0.25, 0.3) is 0 Å². The van der Waals surface area contributed by atoms with Gasteiger partial charge in [0.2, 0.25) is 0 Å². The Morgan fingerprint density at radius 1 is 1.27 bits per heavy atom. The van der Waals surface area contributed by atoms with Gasteiger partial charge in [-0.05, 0) is 31.7 Å². The molecule has 0 saturated carbocycles. The number of aromatic nitrogens is 2. The SMILES string of the molecule is CC(C)(C)CC(C)(C)NCc1ccn[nH]1. The number of aromatic amines is 1. The molecule has 15 heavy (non-hydrogen) atoms. The molecule has 3 nitrogen and oxygen atoms in total. The first-order valence-corrected chi connectivity index (χ1v) is 5.52. The van der Waals surface area contributed by atoms with Gasteiger partial charge in [-0.2, -0.15) is 5.10 Å². The second kappa shape index (κ2) is 4.35. The van der Waals surface area contributed by atoms with Gasteiger partial charge >= 0.3 is 0 Å². The highest BCUT2D eigenvalue weighted by molar-refractivity contribution is 4.98. The van der Waals surface area contributed by atoms with E-state index in [1.165, 1.54) is 0 Å². The van der Waals surface area contributed by atoms with Crippen molar-refractivity contribution in [3.05, 3.63) is 18.0 Å². The summed E-state index contributed by atoms with van der Waals surface area (Å²) in [6.07, 6.45) is 2.93. The minimum Gasteiger partial charge on any atom is -0.306 e. The summed E-state index contributed by atoms with van der Waals surface area (Å²) in [5, 5.41) is 10.4. The van der Waals surface area contributed by atoms with Crippen molar-refractivity contribution in [2.45, 2.75) is 53.1 Å². The van der Waals surface area contributed by atoms with Crippen LogP contribution in [-0.4, -0.2) is 15.7 Å². The average Bonchev–Trinajstić information content (AvgIpc) is 2.47. The van der Waals surface area contributed by atoms with E-state index in [9.17, 15) is 0 Å². The number of nitrogens with zero attached hydrogens (tertiary/aromatic N) is 1. The molecule has 3 heteroatoms. The highest BCUT2D eigenvalue weighted by atomic mass is 15.1. The fourth-order valence-corrected chi connectivity index (χ4v) is 2.11. The van der Waals surface area contributed by atoms with Crippen molar-refractivity contribution in [3.8, 4) is 0 Å². The number of rotatable bonds is 4. The molecule has 0 aliphatic rings. The summed E-state index contributed by atoms with van der Waals surface area (Å²) in [6, 6.07) is 2.00. The zero-order valence-electron chi connectivity index (χ0n) is 10.5. The molecule has 0 atom stereocenters. The lowest BCUT2D eigenvalue weighted by Crippen LogP contribution is -2.41. The van der Waals surface area contributed by atoms with Crippen molar-refractivity contribution < 1.29 is 0 Å². The first kappa shape index (κ1) is 12.2. The molecule has 1 heterocycles. The predicted octanol–water partition coefficient (Wildman–Crippen LogP) is 2.71. The van der Waals surface area contributed by atoms with Gasteiger partial charge in [-0.1, -0.05) is 20.8 Å². The molecule has 0 unspecified atom stereocenters. The summed E-state index contributed by atoms with van der Waals surface area (Å²) in [5.74, 6) is 0. The normalized spacial score (nSPS) is 13.1. The average molecular weight is 209 g/mol. The summed E-state index contributed by atoms with van der Waals surface area (Å²) < 4.78 is 0. The molecule has 2 N–H and O–H groups in total. The van der Waals surface area contributed by atoms with Crippen molar-refractivity contribution in [3.63, 3.8) is 0 Å². The zero-order valence-corrected chi connectivity index (χ0v) is 10.5. The molecule has 0 fully saturated rings. The third-order valence-corrected chi connectivity index (χ3v) is 2.29. The van der Waals surface area contributed by atoms with Crippen LogP contribution in [0.25, 0.3) is 0 Å². The molecule has 0 aliphatic heterocycles. The Morgan fingerprint density at radius 3 is 2.40 bits per heavy atom. The maximum Gasteiger partial charge on any atom is 0.0490 e. The summed E-state index contributed by atoms with van der Waals surface area (Å²) >= 11 is 0. The fourth-order valence-electron chi connectivity index (χ4n) is 2.11. The Balaban J connectivity index is 2.43. The van der Waals surface area contributed by atoms with E-state index in [0.29, 0.717) is 5.41 Å². The van der Waals surface area contributed by atoms with Crippen LogP contribution in [0.4, 0.5) is 0 Å². The van der Waals surface area contributed by atoms with Gasteiger partial charge < -0.3 is 5.32 Å². The van der Waals surface area contributed by atoms with Crippen LogP contribution in [0.3, 0.4) is 0 Å². The lowest BCUT2D eigenvalue weighted by atomic mass is 9.82. The summed E-state index contributed by atoms with van der Waals surface area (Å²) in [6.45, 7) is 12.2. The van der Waals surface area contributed by atoms with Crippen molar-refractivity contribution in [2.75, 3.05) is 0 Å². The molecule has 0 aliphatic carbocycles. The lowest BCUT2D eigenvalue weighted by molar-refractivity contribution is 0.240. The van der Waals surface area contributed by atoms with Crippen molar-refractivity contribution in [1.82, 2.24) is 15.5 Å². The highest BCUT2D eigenvalue weighted by Gasteiger charge is 2.24. The van der Waals surface area contributed by atoms with Gasteiger partial charge in [0.05, 0.1) is 0 Å². The topological polar surface area (TPSA) is 40.7 Å². The van der Waals surface area contributed by atoms with E-state index in [-0.39, 0.29) is 5.54 Å². The maximum absolute atomic E-state index is 3.93. The van der Waals surface area contributed by atoms with Crippen LogP contribution >= 0.6 is 0 Å². The van der Waals surface area contributed by atoms with E-state index in [4.69, 9.17) is 0 Å². The van der Waals surface area contributed by atoms with E-state index in [2.05, 4.69) is 50.1 Å². The molecule has 1 rings (SSSR count). The van der Waals surface area contributed by atoms with E-state index in [0.717, 1.165) is 18.7 Å². The zero-order chi connectivity index (χ0) is 11.5. The Hall–Kier alpha value is -0.830. The standard InChI is InChI=1S/C12H23N3/c1-11(2,3)9-12(4,5)13-8-10-6-7-14-15-10/h6-7,13H,8-9H2,1-5H3,(H,14,15). The molecule has 0 spiro atoms. The molecule has 1 aromatic heterocycles. The molecule has 0 bridgehead atoms. The van der Waals surface area contributed by atoms with Crippen LogP contribution < -0.4 is 5.32 Å². The second-order valence-corrected chi connectivity index (χ2v) is 6.06. The van der Waals surface area contributed by atoms with E-state index in [1.54, 1.807) is 6.20 Å². The number of hydrogen-bond acceptors (Lipinski definition) is 2. The molecular formula is C12H23N3.